The van der Waals surface area contributed by atoms with E-state index >= 15 is 0 Å². The van der Waals surface area contributed by atoms with Gasteiger partial charge in [0.2, 0.25) is 0 Å². The van der Waals surface area contributed by atoms with Gasteiger partial charge in [0.25, 0.3) is 5.91 Å². The highest BCUT2D eigenvalue weighted by molar-refractivity contribution is 5.81. The van der Waals surface area contributed by atoms with Crippen LogP contribution in [0, 0.1) is 6.92 Å². The van der Waals surface area contributed by atoms with Crippen molar-refractivity contribution < 1.29 is 14.6 Å². The highest BCUT2D eigenvalue weighted by Crippen LogP contribution is 2.19. The second-order valence-electron chi connectivity index (χ2n) is 6.72. The van der Waals surface area contributed by atoms with Crippen molar-refractivity contribution in [1.29, 1.82) is 0 Å². The number of phenols is 1. The van der Waals surface area contributed by atoms with Crippen LogP contribution in [0.1, 0.15) is 25.3 Å². The highest BCUT2D eigenvalue weighted by atomic mass is 16.5. The number of nitrogens with zero attached hydrogens (tertiary/aromatic N) is 2. The lowest BCUT2D eigenvalue weighted by Crippen LogP contribution is -2.48. The summed E-state index contributed by atoms with van der Waals surface area (Å²) in [5, 5.41) is 12.4. The Labute approximate surface area is 153 Å². The number of benzene rings is 1. The molecule has 1 amide bonds. The van der Waals surface area contributed by atoms with Gasteiger partial charge in [0.1, 0.15) is 17.3 Å². The summed E-state index contributed by atoms with van der Waals surface area (Å²) in [4.78, 5) is 19.1. The number of aryl methyl sites for hydroxylation is 1. The van der Waals surface area contributed by atoms with Gasteiger partial charge in [-0.1, -0.05) is 6.07 Å². The molecule has 0 spiro atoms. The molecule has 3 rings (SSSR count). The Morgan fingerprint density at radius 1 is 1.23 bits per heavy atom. The first-order chi connectivity index (χ1) is 12.5. The lowest BCUT2D eigenvalue weighted by molar-refractivity contribution is -0.128. The smallest absolute Gasteiger partial charge is 0.260 e. The van der Waals surface area contributed by atoms with Crippen LogP contribution in [-0.4, -0.2) is 41.2 Å². The van der Waals surface area contributed by atoms with Crippen molar-refractivity contribution in [3.05, 3.63) is 48.2 Å². The molecule has 1 saturated heterocycles. The molecule has 138 valence electrons. The van der Waals surface area contributed by atoms with Crippen molar-refractivity contribution in [2.45, 2.75) is 38.8 Å². The zero-order valence-corrected chi connectivity index (χ0v) is 15.2. The largest absolute Gasteiger partial charge is 0.508 e. The Kier molecular flexibility index (Phi) is 5.61. The van der Waals surface area contributed by atoms with Gasteiger partial charge in [-0.2, -0.15) is 0 Å². The summed E-state index contributed by atoms with van der Waals surface area (Å²) in [6.07, 6.45) is 3.06. The minimum absolute atomic E-state index is 0.120. The van der Waals surface area contributed by atoms with E-state index in [-0.39, 0.29) is 17.7 Å². The number of nitrogens with one attached hydrogen (secondary N) is 1. The Balaban J connectivity index is 1.46. The Bertz CT molecular complexity index is 723. The number of amides is 1. The van der Waals surface area contributed by atoms with Gasteiger partial charge in [0.15, 0.2) is 6.10 Å². The fourth-order valence-corrected chi connectivity index (χ4v) is 3.00. The molecular formula is C20H25N3O3. The van der Waals surface area contributed by atoms with Crippen molar-refractivity contribution in [2.24, 2.45) is 0 Å². The molecule has 1 atom stereocenters. The highest BCUT2D eigenvalue weighted by Gasteiger charge is 2.24. The third-order valence-corrected chi connectivity index (χ3v) is 4.58. The molecule has 1 aromatic carbocycles. The number of rotatable bonds is 5. The number of pyridine rings is 1. The van der Waals surface area contributed by atoms with Gasteiger partial charge in [-0.25, -0.2) is 4.98 Å². The predicted octanol–water partition coefficient (Wildman–Crippen LogP) is 2.65. The number of carbonyl (C=O) groups is 1. The molecule has 2 N–H and O–H groups in total. The van der Waals surface area contributed by atoms with Gasteiger partial charge in [0, 0.05) is 25.3 Å². The summed E-state index contributed by atoms with van der Waals surface area (Å²) in [7, 11) is 0. The Hall–Kier alpha value is -2.76. The van der Waals surface area contributed by atoms with E-state index in [1.807, 2.05) is 19.2 Å². The van der Waals surface area contributed by atoms with Crippen molar-refractivity contribution in [3.8, 4) is 11.5 Å². The Morgan fingerprint density at radius 3 is 2.54 bits per heavy atom. The molecule has 0 saturated carbocycles. The van der Waals surface area contributed by atoms with Crippen molar-refractivity contribution in [2.75, 3.05) is 18.0 Å². The first kappa shape index (κ1) is 18.0. The van der Waals surface area contributed by atoms with Crippen LogP contribution in [0.25, 0.3) is 0 Å². The van der Waals surface area contributed by atoms with Crippen LogP contribution in [0.3, 0.4) is 0 Å². The van der Waals surface area contributed by atoms with E-state index in [1.54, 1.807) is 19.1 Å². The quantitative estimate of drug-likeness (QED) is 0.862. The van der Waals surface area contributed by atoms with E-state index in [0.717, 1.165) is 37.3 Å². The van der Waals surface area contributed by atoms with E-state index in [9.17, 15) is 9.90 Å². The number of aromatic nitrogens is 1. The topological polar surface area (TPSA) is 74.7 Å². The van der Waals surface area contributed by atoms with Crippen molar-refractivity contribution in [3.63, 3.8) is 0 Å². The van der Waals surface area contributed by atoms with Gasteiger partial charge >= 0.3 is 0 Å². The maximum absolute atomic E-state index is 12.4. The molecule has 1 aliphatic rings. The van der Waals surface area contributed by atoms with Gasteiger partial charge in [-0.3, -0.25) is 4.79 Å². The maximum atomic E-state index is 12.4. The molecule has 1 fully saturated rings. The number of anilines is 1. The zero-order valence-electron chi connectivity index (χ0n) is 15.2. The number of aromatic hydroxyl groups is 1. The average Bonchev–Trinajstić information content (AvgIpc) is 2.65. The first-order valence-electron chi connectivity index (χ1n) is 8.95. The van der Waals surface area contributed by atoms with E-state index in [1.165, 1.54) is 12.1 Å². The molecule has 1 aromatic heterocycles. The van der Waals surface area contributed by atoms with Crippen LogP contribution in [0.4, 0.5) is 5.82 Å². The van der Waals surface area contributed by atoms with E-state index in [4.69, 9.17) is 4.74 Å². The van der Waals surface area contributed by atoms with Crippen LogP contribution in [-0.2, 0) is 4.79 Å². The number of hydrogen-bond donors (Lipinski definition) is 2. The number of piperidine rings is 1. The normalized spacial score (nSPS) is 16.2. The zero-order chi connectivity index (χ0) is 18.5. The molecule has 1 aliphatic heterocycles. The van der Waals surface area contributed by atoms with Crippen LogP contribution in [0.2, 0.25) is 0 Å². The summed E-state index contributed by atoms with van der Waals surface area (Å²) in [6.45, 7) is 5.50. The fraction of sp³-hybridized carbons (Fsp3) is 0.400. The third-order valence-electron chi connectivity index (χ3n) is 4.58. The van der Waals surface area contributed by atoms with Crippen LogP contribution >= 0.6 is 0 Å². The minimum Gasteiger partial charge on any atom is -0.508 e. The van der Waals surface area contributed by atoms with Crippen LogP contribution in [0.15, 0.2) is 42.6 Å². The van der Waals surface area contributed by atoms with Gasteiger partial charge in [0.05, 0.1) is 0 Å². The van der Waals surface area contributed by atoms with Crippen LogP contribution < -0.4 is 15.0 Å². The molecule has 0 bridgehead atoms. The van der Waals surface area contributed by atoms with E-state index < -0.39 is 6.10 Å². The number of ether oxygens (including phenoxy) is 1. The van der Waals surface area contributed by atoms with Crippen LogP contribution in [0.5, 0.6) is 11.5 Å². The van der Waals surface area contributed by atoms with Crippen molar-refractivity contribution >= 4 is 11.7 Å². The predicted molar refractivity (Wildman–Crippen MR) is 101 cm³/mol. The maximum Gasteiger partial charge on any atom is 0.260 e. The lowest BCUT2D eigenvalue weighted by Gasteiger charge is -2.33. The van der Waals surface area contributed by atoms with Crippen molar-refractivity contribution in [1.82, 2.24) is 10.3 Å². The standard InChI is InChI=1S/C20H25N3O3/c1-14-3-8-19(21-13-14)23-11-9-16(10-12-23)22-20(25)15(2)26-18-6-4-17(24)5-7-18/h3-8,13,15-16,24H,9-12H2,1-2H3,(H,22,25)/t15-/m1/s1. The summed E-state index contributed by atoms with van der Waals surface area (Å²) in [5.41, 5.74) is 1.15. The number of phenolic OH excluding ortho intramolecular Hbond substituents is 1. The third kappa shape index (κ3) is 4.65. The molecular weight excluding hydrogens is 330 g/mol. The molecule has 0 unspecified atom stereocenters. The summed E-state index contributed by atoms with van der Waals surface area (Å²) in [6, 6.07) is 10.6. The van der Waals surface area contributed by atoms with Gasteiger partial charge in [-0.05, 0) is 62.6 Å². The SMILES string of the molecule is Cc1ccc(N2CCC(NC(=O)[C@@H](C)Oc3ccc(O)cc3)CC2)nc1. The second kappa shape index (κ2) is 8.08. The van der Waals surface area contributed by atoms with E-state index in [2.05, 4.69) is 21.3 Å². The lowest BCUT2D eigenvalue weighted by atomic mass is 10.0. The van der Waals surface area contributed by atoms with E-state index in [0.29, 0.717) is 5.75 Å². The molecule has 0 radical (unpaired) electrons. The summed E-state index contributed by atoms with van der Waals surface area (Å²) < 4.78 is 5.63. The monoisotopic (exact) mass is 355 g/mol. The first-order valence-corrected chi connectivity index (χ1v) is 8.95. The number of hydrogen-bond acceptors (Lipinski definition) is 5. The number of carbonyl (C=O) groups excluding carboxylic acids is 1. The van der Waals surface area contributed by atoms with Gasteiger partial charge in [-0.15, -0.1) is 0 Å². The average molecular weight is 355 g/mol. The molecule has 0 aliphatic carbocycles. The molecule has 6 nitrogen and oxygen atoms in total. The fourth-order valence-electron chi connectivity index (χ4n) is 3.00. The summed E-state index contributed by atoms with van der Waals surface area (Å²) in [5.74, 6) is 1.60. The molecule has 6 heteroatoms. The Morgan fingerprint density at radius 2 is 1.92 bits per heavy atom. The minimum atomic E-state index is -0.587. The van der Waals surface area contributed by atoms with Gasteiger partial charge < -0.3 is 20.1 Å². The molecule has 2 heterocycles. The second-order valence-corrected chi connectivity index (χ2v) is 6.72. The summed E-state index contributed by atoms with van der Waals surface area (Å²) >= 11 is 0. The molecule has 26 heavy (non-hydrogen) atoms. The molecule has 2 aromatic rings.